The maximum absolute atomic E-state index is 12.9. The first-order valence-electron chi connectivity index (χ1n) is 10.5. The van der Waals surface area contributed by atoms with Gasteiger partial charge in [0.2, 0.25) is 5.76 Å². The van der Waals surface area contributed by atoms with Gasteiger partial charge < -0.3 is 18.6 Å². The van der Waals surface area contributed by atoms with Gasteiger partial charge in [-0.25, -0.2) is 4.79 Å². The van der Waals surface area contributed by atoms with Crippen molar-refractivity contribution < 1.29 is 33.0 Å². The fourth-order valence-corrected chi connectivity index (χ4v) is 4.81. The minimum Gasteiger partial charge on any atom is -0.493 e. The first-order chi connectivity index (χ1) is 17.3. The number of amides is 2. The van der Waals surface area contributed by atoms with Crippen molar-refractivity contribution in [2.45, 2.75) is 13.2 Å². The molecule has 2 aromatic carbocycles. The van der Waals surface area contributed by atoms with Gasteiger partial charge in [-0.15, -0.1) is 0 Å². The van der Waals surface area contributed by atoms with Gasteiger partial charge in [-0.3, -0.25) is 14.5 Å². The second kappa shape index (κ2) is 11.4. The SMILES string of the molecule is COC(=O)c1ccc(CN2C(=O)S/C(=C/c3cc(OC)c(OCc4ccc(Br)cc4)cc3Br)C2=O)o1. The summed E-state index contributed by atoms with van der Waals surface area (Å²) in [4.78, 5) is 38.3. The summed E-state index contributed by atoms with van der Waals surface area (Å²) in [5.74, 6) is 0.173. The molecule has 4 rings (SSSR count). The van der Waals surface area contributed by atoms with Gasteiger partial charge in [-0.2, -0.15) is 0 Å². The first kappa shape index (κ1) is 26.1. The van der Waals surface area contributed by atoms with Crippen molar-refractivity contribution >= 4 is 66.8 Å². The molecule has 2 heterocycles. The Bertz CT molecular complexity index is 1350. The standard InChI is InChI=1S/C25H19Br2NO7S/c1-32-20-9-15(18(27)11-21(20)34-13-14-3-5-16(26)6-4-14)10-22-23(29)28(25(31)36-22)12-17-7-8-19(35-17)24(30)33-2/h3-11H,12-13H2,1-2H3/b22-10+. The summed E-state index contributed by atoms with van der Waals surface area (Å²) in [6.45, 7) is 0.241. The molecule has 1 saturated heterocycles. The summed E-state index contributed by atoms with van der Waals surface area (Å²) < 4.78 is 23.1. The molecule has 0 aliphatic carbocycles. The lowest BCUT2D eigenvalue weighted by molar-refractivity contribution is -0.123. The van der Waals surface area contributed by atoms with Crippen molar-refractivity contribution in [2.24, 2.45) is 0 Å². The summed E-state index contributed by atoms with van der Waals surface area (Å²) >= 11 is 7.74. The Morgan fingerprint density at radius 3 is 2.50 bits per heavy atom. The Kier molecular flexibility index (Phi) is 8.22. The number of hydrogen-bond acceptors (Lipinski definition) is 8. The maximum atomic E-state index is 12.9. The van der Waals surface area contributed by atoms with Gasteiger partial charge >= 0.3 is 5.97 Å². The molecule has 2 amide bonds. The number of benzene rings is 2. The number of nitrogens with zero attached hydrogens (tertiary/aromatic N) is 1. The van der Waals surface area contributed by atoms with Crippen LogP contribution < -0.4 is 9.47 Å². The van der Waals surface area contributed by atoms with Crippen LogP contribution in [0.4, 0.5) is 4.79 Å². The third kappa shape index (κ3) is 5.85. The summed E-state index contributed by atoms with van der Waals surface area (Å²) in [5.41, 5.74) is 1.63. The normalized spacial score (nSPS) is 14.4. The number of imide groups is 1. The number of thioether (sulfide) groups is 1. The number of methoxy groups -OCH3 is 2. The Hall–Kier alpha value is -3.02. The van der Waals surface area contributed by atoms with Crippen LogP contribution in [0.3, 0.4) is 0 Å². The van der Waals surface area contributed by atoms with Crippen LogP contribution in [0.1, 0.15) is 27.4 Å². The van der Waals surface area contributed by atoms with Gasteiger partial charge in [0.1, 0.15) is 12.4 Å². The highest BCUT2D eigenvalue weighted by atomic mass is 79.9. The van der Waals surface area contributed by atoms with Crippen LogP contribution in [0, 0.1) is 0 Å². The van der Waals surface area contributed by atoms with E-state index in [0.29, 0.717) is 28.1 Å². The maximum Gasteiger partial charge on any atom is 0.373 e. The quantitative estimate of drug-likeness (QED) is 0.207. The van der Waals surface area contributed by atoms with E-state index in [0.717, 1.165) is 26.7 Å². The van der Waals surface area contributed by atoms with Crippen LogP contribution >= 0.6 is 43.6 Å². The molecule has 0 atom stereocenters. The Labute approximate surface area is 227 Å². The highest BCUT2D eigenvalue weighted by molar-refractivity contribution is 9.10. The van der Waals surface area contributed by atoms with Crippen LogP contribution in [-0.2, 0) is 22.7 Å². The van der Waals surface area contributed by atoms with E-state index in [1.54, 1.807) is 18.2 Å². The van der Waals surface area contributed by atoms with Crippen LogP contribution in [0.5, 0.6) is 11.5 Å². The minimum atomic E-state index is -0.640. The molecule has 0 spiro atoms. The molecule has 0 N–H and O–H groups in total. The van der Waals surface area contributed by atoms with E-state index < -0.39 is 17.1 Å². The van der Waals surface area contributed by atoms with Gasteiger partial charge in [-0.1, -0.05) is 44.0 Å². The topological polar surface area (TPSA) is 95.3 Å². The predicted octanol–water partition coefficient (Wildman–Crippen LogP) is 6.42. The lowest BCUT2D eigenvalue weighted by Crippen LogP contribution is -2.27. The molecule has 11 heteroatoms. The van der Waals surface area contributed by atoms with Crippen molar-refractivity contribution in [3.05, 3.63) is 85.0 Å². The zero-order valence-corrected chi connectivity index (χ0v) is 23.1. The highest BCUT2D eigenvalue weighted by Gasteiger charge is 2.36. The smallest absolute Gasteiger partial charge is 0.373 e. The van der Waals surface area contributed by atoms with Crippen LogP contribution in [0.15, 0.2) is 66.8 Å². The van der Waals surface area contributed by atoms with Gasteiger partial charge in [0.05, 0.1) is 25.7 Å². The second-order valence-corrected chi connectivity index (χ2v) is 10.2. The fourth-order valence-electron chi connectivity index (χ4n) is 3.28. The number of hydrogen-bond donors (Lipinski definition) is 0. The zero-order valence-electron chi connectivity index (χ0n) is 19.1. The van der Waals surface area contributed by atoms with Crippen molar-refractivity contribution in [1.29, 1.82) is 0 Å². The summed E-state index contributed by atoms with van der Waals surface area (Å²) in [7, 11) is 2.76. The van der Waals surface area contributed by atoms with Gasteiger partial charge in [0, 0.05) is 8.95 Å². The van der Waals surface area contributed by atoms with E-state index >= 15 is 0 Å². The highest BCUT2D eigenvalue weighted by Crippen LogP contribution is 2.38. The molecule has 8 nitrogen and oxygen atoms in total. The molecule has 1 fully saturated rings. The third-order valence-corrected chi connectivity index (χ3v) is 7.24. The lowest BCUT2D eigenvalue weighted by Gasteiger charge is -2.13. The summed E-state index contributed by atoms with van der Waals surface area (Å²) in [6, 6.07) is 14.2. The molecule has 1 aliphatic rings. The molecule has 186 valence electrons. The number of furan rings is 1. The molecule has 1 aliphatic heterocycles. The molecule has 1 aromatic heterocycles. The minimum absolute atomic E-state index is 0.00603. The van der Waals surface area contributed by atoms with E-state index in [-0.39, 0.29) is 23.0 Å². The number of halogens is 2. The van der Waals surface area contributed by atoms with E-state index in [1.807, 2.05) is 24.3 Å². The summed E-state index contributed by atoms with van der Waals surface area (Å²) in [6.07, 6.45) is 1.61. The largest absolute Gasteiger partial charge is 0.493 e. The number of rotatable bonds is 8. The fraction of sp³-hybridized carbons (Fsp3) is 0.160. The van der Waals surface area contributed by atoms with Gasteiger partial charge in [0.25, 0.3) is 11.1 Å². The molecule has 0 radical (unpaired) electrons. The molecule has 0 saturated carbocycles. The molecular weight excluding hydrogens is 618 g/mol. The average molecular weight is 637 g/mol. The number of carbonyl (C=O) groups excluding carboxylic acids is 3. The Balaban J connectivity index is 1.50. The number of esters is 1. The van der Waals surface area contributed by atoms with E-state index in [9.17, 15) is 14.4 Å². The van der Waals surface area contributed by atoms with Gasteiger partial charge in [0.15, 0.2) is 11.5 Å². The molecule has 3 aromatic rings. The molecule has 0 unspecified atom stereocenters. The van der Waals surface area contributed by atoms with Gasteiger partial charge in [-0.05, 0) is 65.4 Å². The van der Waals surface area contributed by atoms with Crippen molar-refractivity contribution in [1.82, 2.24) is 4.90 Å². The molecule has 36 heavy (non-hydrogen) atoms. The van der Waals surface area contributed by atoms with Crippen molar-refractivity contribution in [3.63, 3.8) is 0 Å². The lowest BCUT2D eigenvalue weighted by atomic mass is 10.1. The van der Waals surface area contributed by atoms with E-state index in [2.05, 4.69) is 36.6 Å². The monoisotopic (exact) mass is 635 g/mol. The molecular formula is C25H19Br2NO7S. The zero-order chi connectivity index (χ0) is 25.8. The van der Waals surface area contributed by atoms with Crippen LogP contribution in [0.2, 0.25) is 0 Å². The first-order valence-corrected chi connectivity index (χ1v) is 12.9. The predicted molar refractivity (Wildman–Crippen MR) is 141 cm³/mol. The molecule has 0 bridgehead atoms. The number of carbonyl (C=O) groups is 3. The third-order valence-electron chi connectivity index (χ3n) is 5.11. The van der Waals surface area contributed by atoms with Crippen molar-refractivity contribution in [3.8, 4) is 11.5 Å². The van der Waals surface area contributed by atoms with Crippen LogP contribution in [-0.4, -0.2) is 36.2 Å². The number of ether oxygens (including phenoxy) is 3. The average Bonchev–Trinajstić information content (AvgIpc) is 3.45. The summed E-state index contributed by atoms with van der Waals surface area (Å²) in [5, 5.41) is -0.445. The second-order valence-electron chi connectivity index (χ2n) is 7.47. The van der Waals surface area contributed by atoms with Crippen molar-refractivity contribution in [2.75, 3.05) is 14.2 Å². The Morgan fingerprint density at radius 1 is 1.06 bits per heavy atom. The van der Waals surface area contributed by atoms with Crippen LogP contribution in [0.25, 0.3) is 6.08 Å². The van der Waals surface area contributed by atoms with E-state index in [1.165, 1.54) is 26.4 Å². The van der Waals surface area contributed by atoms with E-state index in [4.69, 9.17) is 13.9 Å². The Morgan fingerprint density at radius 2 is 1.81 bits per heavy atom.